The molecular weight excluding hydrogens is 181 g/mol. The Kier molecular flexibility index (Phi) is 2.02. The lowest BCUT2D eigenvalue weighted by molar-refractivity contribution is -0.117. The van der Waals surface area contributed by atoms with E-state index in [0.29, 0.717) is 5.69 Å². The van der Waals surface area contributed by atoms with Crippen molar-refractivity contribution in [2.24, 2.45) is 5.92 Å². The fraction of sp³-hybridized carbons (Fsp3) is 0.364. The molecule has 2 rings (SSSR count). The lowest BCUT2D eigenvalue weighted by Gasteiger charge is -2.11. The molecule has 1 N–H and O–H groups in total. The first-order chi connectivity index (χ1) is 6.59. The van der Waals surface area contributed by atoms with Gasteiger partial charge in [-0.1, -0.05) is 19.9 Å². The molecule has 1 heterocycles. The van der Waals surface area contributed by atoms with Gasteiger partial charge in [0.15, 0.2) is 0 Å². The second-order valence-corrected chi connectivity index (χ2v) is 3.94. The number of anilines is 1. The molecule has 0 saturated heterocycles. The number of carbonyl (C=O) groups is 1. The van der Waals surface area contributed by atoms with E-state index >= 15 is 0 Å². The molecule has 2 nitrogen and oxygen atoms in total. The summed E-state index contributed by atoms with van der Waals surface area (Å²) in [6.07, 6.45) is 0. The van der Waals surface area contributed by atoms with E-state index in [1.807, 2.05) is 13.8 Å². The monoisotopic (exact) mass is 193 g/mol. The van der Waals surface area contributed by atoms with Crippen molar-refractivity contribution in [3.8, 4) is 0 Å². The normalized spacial score (nSPS) is 19.7. The van der Waals surface area contributed by atoms with Gasteiger partial charge in [-0.05, 0) is 23.6 Å². The van der Waals surface area contributed by atoms with Gasteiger partial charge in [-0.25, -0.2) is 4.39 Å². The first-order valence-corrected chi connectivity index (χ1v) is 4.70. The number of halogens is 1. The largest absolute Gasteiger partial charge is 0.325 e. The van der Waals surface area contributed by atoms with Gasteiger partial charge in [0.25, 0.3) is 0 Å². The Morgan fingerprint density at radius 2 is 2.14 bits per heavy atom. The van der Waals surface area contributed by atoms with Crippen LogP contribution < -0.4 is 5.32 Å². The third-order valence-electron chi connectivity index (χ3n) is 2.56. The number of fused-ring (bicyclic) bond motifs is 1. The van der Waals surface area contributed by atoms with E-state index in [1.54, 1.807) is 6.07 Å². The predicted octanol–water partition coefficient (Wildman–Crippen LogP) is 2.52. The van der Waals surface area contributed by atoms with Crippen LogP contribution in [0.2, 0.25) is 0 Å². The lowest BCUT2D eigenvalue weighted by Crippen LogP contribution is -2.16. The number of amides is 1. The molecule has 0 spiro atoms. The second-order valence-electron chi connectivity index (χ2n) is 3.94. The van der Waals surface area contributed by atoms with Crippen molar-refractivity contribution in [3.05, 3.63) is 29.6 Å². The summed E-state index contributed by atoms with van der Waals surface area (Å²) < 4.78 is 12.9. The molecule has 1 atom stereocenters. The quantitative estimate of drug-likeness (QED) is 0.729. The highest BCUT2D eigenvalue weighted by Gasteiger charge is 2.32. The predicted molar refractivity (Wildman–Crippen MR) is 52.6 cm³/mol. The van der Waals surface area contributed by atoms with E-state index in [4.69, 9.17) is 0 Å². The van der Waals surface area contributed by atoms with Gasteiger partial charge in [-0.2, -0.15) is 0 Å². The van der Waals surface area contributed by atoms with E-state index in [9.17, 15) is 9.18 Å². The summed E-state index contributed by atoms with van der Waals surface area (Å²) in [6, 6.07) is 4.46. The molecule has 1 aromatic rings. The highest BCUT2D eigenvalue weighted by Crippen LogP contribution is 2.37. The molecule has 1 aliphatic heterocycles. The smallest absolute Gasteiger partial charge is 0.232 e. The van der Waals surface area contributed by atoms with Crippen LogP contribution >= 0.6 is 0 Å². The molecule has 0 saturated carbocycles. The SMILES string of the molecule is CC(C)C1C(=O)Nc2cc(F)ccc21. The second kappa shape index (κ2) is 3.08. The minimum Gasteiger partial charge on any atom is -0.325 e. The lowest BCUT2D eigenvalue weighted by atomic mass is 9.90. The van der Waals surface area contributed by atoms with Crippen molar-refractivity contribution in [2.45, 2.75) is 19.8 Å². The minimum absolute atomic E-state index is 0.0272. The van der Waals surface area contributed by atoms with Crippen LogP contribution in [0, 0.1) is 11.7 Å². The Morgan fingerprint density at radius 3 is 2.79 bits per heavy atom. The van der Waals surface area contributed by atoms with Crippen molar-refractivity contribution in [1.29, 1.82) is 0 Å². The van der Waals surface area contributed by atoms with Crippen LogP contribution in [0.15, 0.2) is 18.2 Å². The van der Waals surface area contributed by atoms with Crippen molar-refractivity contribution in [3.63, 3.8) is 0 Å². The summed E-state index contributed by atoms with van der Waals surface area (Å²) in [4.78, 5) is 11.6. The van der Waals surface area contributed by atoms with Crippen LogP contribution in [0.4, 0.5) is 10.1 Å². The van der Waals surface area contributed by atoms with Gasteiger partial charge in [-0.3, -0.25) is 4.79 Å². The maximum atomic E-state index is 12.9. The van der Waals surface area contributed by atoms with Crippen molar-refractivity contribution in [1.82, 2.24) is 0 Å². The summed E-state index contributed by atoms with van der Waals surface area (Å²) in [5.74, 6) is -0.235. The van der Waals surface area contributed by atoms with Gasteiger partial charge in [0.05, 0.1) is 5.92 Å². The fourth-order valence-electron chi connectivity index (χ4n) is 1.92. The van der Waals surface area contributed by atoms with Gasteiger partial charge in [0.1, 0.15) is 5.82 Å². The molecule has 0 aliphatic carbocycles. The number of nitrogens with one attached hydrogen (secondary N) is 1. The average Bonchev–Trinajstić information content (AvgIpc) is 2.39. The van der Waals surface area contributed by atoms with E-state index < -0.39 is 0 Å². The number of rotatable bonds is 1. The van der Waals surface area contributed by atoms with Gasteiger partial charge in [0.2, 0.25) is 5.91 Å². The summed E-state index contributed by atoms with van der Waals surface area (Å²) in [5, 5.41) is 2.69. The van der Waals surface area contributed by atoms with E-state index in [1.165, 1.54) is 12.1 Å². The van der Waals surface area contributed by atoms with Crippen LogP contribution in [0.3, 0.4) is 0 Å². The fourth-order valence-corrected chi connectivity index (χ4v) is 1.92. The number of hydrogen-bond donors (Lipinski definition) is 1. The molecule has 74 valence electrons. The molecule has 1 aromatic carbocycles. The van der Waals surface area contributed by atoms with Crippen molar-refractivity contribution >= 4 is 11.6 Å². The summed E-state index contributed by atoms with van der Waals surface area (Å²) in [7, 11) is 0. The van der Waals surface area contributed by atoms with E-state index in [-0.39, 0.29) is 23.6 Å². The summed E-state index contributed by atoms with van der Waals surface area (Å²) in [6.45, 7) is 3.98. The van der Waals surface area contributed by atoms with Crippen LogP contribution in [0.1, 0.15) is 25.3 Å². The van der Waals surface area contributed by atoms with Gasteiger partial charge < -0.3 is 5.32 Å². The topological polar surface area (TPSA) is 29.1 Å². The molecule has 0 aromatic heterocycles. The van der Waals surface area contributed by atoms with Crippen LogP contribution in [0.25, 0.3) is 0 Å². The molecule has 0 radical (unpaired) electrons. The first-order valence-electron chi connectivity index (χ1n) is 4.70. The Balaban J connectivity index is 2.48. The molecule has 3 heteroatoms. The minimum atomic E-state index is -0.312. The van der Waals surface area contributed by atoms with E-state index in [2.05, 4.69) is 5.32 Å². The average molecular weight is 193 g/mol. The molecule has 1 unspecified atom stereocenters. The Morgan fingerprint density at radius 1 is 1.43 bits per heavy atom. The third kappa shape index (κ3) is 1.29. The Labute approximate surface area is 82.1 Å². The van der Waals surface area contributed by atoms with Gasteiger partial charge in [-0.15, -0.1) is 0 Å². The van der Waals surface area contributed by atoms with Gasteiger partial charge >= 0.3 is 0 Å². The number of hydrogen-bond acceptors (Lipinski definition) is 1. The molecular formula is C11H12FNO. The molecule has 1 amide bonds. The maximum Gasteiger partial charge on any atom is 0.232 e. The zero-order valence-corrected chi connectivity index (χ0v) is 8.17. The third-order valence-corrected chi connectivity index (χ3v) is 2.56. The zero-order chi connectivity index (χ0) is 10.3. The molecule has 1 aliphatic rings. The Hall–Kier alpha value is -1.38. The molecule has 14 heavy (non-hydrogen) atoms. The van der Waals surface area contributed by atoms with Gasteiger partial charge in [0, 0.05) is 5.69 Å². The van der Waals surface area contributed by atoms with E-state index in [0.717, 1.165) is 5.56 Å². The van der Waals surface area contributed by atoms with Crippen molar-refractivity contribution in [2.75, 3.05) is 5.32 Å². The molecule has 0 bridgehead atoms. The standard InChI is InChI=1S/C11H12FNO/c1-6(2)10-8-4-3-7(12)5-9(8)13-11(10)14/h3-6,10H,1-2H3,(H,13,14). The summed E-state index contributed by atoms with van der Waals surface area (Å²) in [5.41, 5.74) is 1.53. The number of carbonyl (C=O) groups excluding carboxylic acids is 1. The first kappa shape index (κ1) is 9.19. The van der Waals surface area contributed by atoms with Crippen molar-refractivity contribution < 1.29 is 9.18 Å². The zero-order valence-electron chi connectivity index (χ0n) is 8.17. The van der Waals surface area contributed by atoms with Crippen LogP contribution in [-0.2, 0) is 4.79 Å². The molecule has 0 fully saturated rings. The summed E-state index contributed by atoms with van der Waals surface area (Å²) >= 11 is 0. The van der Waals surface area contributed by atoms with Crippen LogP contribution in [-0.4, -0.2) is 5.91 Å². The highest BCUT2D eigenvalue weighted by molar-refractivity contribution is 6.03. The Bertz CT molecular complexity index is 387. The number of benzene rings is 1. The van der Waals surface area contributed by atoms with Crippen LogP contribution in [0.5, 0.6) is 0 Å². The maximum absolute atomic E-state index is 12.9. The highest BCUT2D eigenvalue weighted by atomic mass is 19.1.